The Balaban J connectivity index is 2.43. The number of hydrogen-bond acceptors (Lipinski definition) is 4. The van der Waals surface area contributed by atoms with Gasteiger partial charge >= 0.3 is 5.69 Å². The molecule has 0 aliphatic heterocycles. The number of ether oxygens (including phenoxy) is 1. The van der Waals surface area contributed by atoms with Gasteiger partial charge in [-0.25, -0.2) is 0 Å². The molecule has 1 heterocycles. The lowest BCUT2D eigenvalue weighted by molar-refractivity contribution is -0.385. The van der Waals surface area contributed by atoms with Crippen molar-refractivity contribution in [1.29, 1.82) is 0 Å². The van der Waals surface area contributed by atoms with Crippen LogP contribution in [0.1, 0.15) is 5.56 Å². The third-order valence-electron chi connectivity index (χ3n) is 2.80. The van der Waals surface area contributed by atoms with Crippen LogP contribution in [0.3, 0.4) is 0 Å². The van der Waals surface area contributed by atoms with Gasteiger partial charge in [-0.2, -0.15) is 0 Å². The second-order valence-electron chi connectivity index (χ2n) is 4.20. The molecule has 2 aromatic rings. The SMILES string of the molecule is COc1ccc(Cn2cc(Br)cc(Br)c2=O)cc1[N+](=O)[O-]. The molecule has 0 bridgehead atoms. The molecule has 0 N–H and O–H groups in total. The van der Waals surface area contributed by atoms with Gasteiger partial charge in [0.2, 0.25) is 0 Å². The molecule has 110 valence electrons. The summed E-state index contributed by atoms with van der Waals surface area (Å²) in [6, 6.07) is 6.26. The van der Waals surface area contributed by atoms with E-state index >= 15 is 0 Å². The minimum absolute atomic E-state index is 0.128. The van der Waals surface area contributed by atoms with Gasteiger partial charge in [0.05, 0.1) is 23.1 Å². The molecular weight excluding hydrogens is 408 g/mol. The number of nitrogens with zero attached hydrogens (tertiary/aromatic N) is 2. The number of nitro groups is 1. The fourth-order valence-electron chi connectivity index (χ4n) is 1.86. The van der Waals surface area contributed by atoms with E-state index in [1.54, 1.807) is 18.3 Å². The first-order valence-electron chi connectivity index (χ1n) is 5.79. The first-order valence-corrected chi connectivity index (χ1v) is 7.37. The summed E-state index contributed by atoms with van der Waals surface area (Å²) in [5.74, 6) is 0.187. The molecule has 21 heavy (non-hydrogen) atoms. The number of rotatable bonds is 4. The van der Waals surface area contributed by atoms with Crippen molar-refractivity contribution in [3.05, 3.63) is 65.4 Å². The maximum atomic E-state index is 12.0. The fraction of sp³-hybridized carbons (Fsp3) is 0.154. The average molecular weight is 418 g/mol. The summed E-state index contributed by atoms with van der Waals surface area (Å²) in [6.07, 6.45) is 1.63. The van der Waals surface area contributed by atoms with Crippen LogP contribution in [0.4, 0.5) is 5.69 Å². The highest BCUT2D eigenvalue weighted by Gasteiger charge is 2.15. The van der Waals surface area contributed by atoms with Crippen LogP contribution in [0.15, 0.2) is 44.2 Å². The van der Waals surface area contributed by atoms with E-state index in [4.69, 9.17) is 4.74 Å². The molecule has 0 unspecified atom stereocenters. The Kier molecular flexibility index (Phi) is 4.79. The van der Waals surface area contributed by atoms with Crippen molar-refractivity contribution in [1.82, 2.24) is 4.57 Å². The van der Waals surface area contributed by atoms with Crippen LogP contribution in [0.5, 0.6) is 5.75 Å². The Morgan fingerprint density at radius 2 is 2.05 bits per heavy atom. The Bertz CT molecular complexity index is 758. The van der Waals surface area contributed by atoms with E-state index in [2.05, 4.69) is 31.9 Å². The topological polar surface area (TPSA) is 74.4 Å². The minimum atomic E-state index is -0.512. The van der Waals surface area contributed by atoms with E-state index in [-0.39, 0.29) is 23.5 Å². The van der Waals surface area contributed by atoms with Gasteiger partial charge in [0.15, 0.2) is 5.75 Å². The molecule has 0 aliphatic carbocycles. The van der Waals surface area contributed by atoms with Gasteiger partial charge in [0.25, 0.3) is 5.56 Å². The summed E-state index contributed by atoms with van der Waals surface area (Å²) >= 11 is 6.48. The van der Waals surface area contributed by atoms with Crippen molar-refractivity contribution in [3.63, 3.8) is 0 Å². The molecule has 1 aromatic carbocycles. The minimum Gasteiger partial charge on any atom is -0.490 e. The van der Waals surface area contributed by atoms with E-state index in [1.807, 2.05) is 0 Å². The predicted molar refractivity (Wildman–Crippen MR) is 84.9 cm³/mol. The van der Waals surface area contributed by atoms with Gasteiger partial charge < -0.3 is 9.30 Å². The smallest absolute Gasteiger partial charge is 0.311 e. The zero-order valence-electron chi connectivity index (χ0n) is 10.9. The maximum absolute atomic E-state index is 12.0. The summed E-state index contributed by atoms with van der Waals surface area (Å²) in [5, 5.41) is 11.0. The lowest BCUT2D eigenvalue weighted by Crippen LogP contribution is -2.20. The number of benzene rings is 1. The highest BCUT2D eigenvalue weighted by molar-refractivity contribution is 9.11. The molecule has 1 aromatic heterocycles. The Morgan fingerprint density at radius 1 is 1.33 bits per heavy atom. The summed E-state index contributed by atoms with van der Waals surface area (Å²) < 4.78 is 7.56. The zero-order valence-corrected chi connectivity index (χ0v) is 14.0. The Morgan fingerprint density at radius 3 is 2.67 bits per heavy atom. The van der Waals surface area contributed by atoms with Crippen molar-refractivity contribution >= 4 is 37.5 Å². The van der Waals surface area contributed by atoms with Crippen molar-refractivity contribution < 1.29 is 9.66 Å². The first kappa shape index (κ1) is 15.7. The molecular formula is C13H10Br2N2O4. The average Bonchev–Trinajstić information content (AvgIpc) is 2.44. The van der Waals surface area contributed by atoms with Crippen molar-refractivity contribution in [2.24, 2.45) is 0 Å². The second-order valence-corrected chi connectivity index (χ2v) is 5.97. The van der Waals surface area contributed by atoms with Crippen LogP contribution < -0.4 is 10.3 Å². The zero-order chi connectivity index (χ0) is 15.6. The van der Waals surface area contributed by atoms with Crippen LogP contribution in [0.25, 0.3) is 0 Å². The molecule has 0 atom stereocenters. The van der Waals surface area contributed by atoms with Gasteiger partial charge in [-0.15, -0.1) is 0 Å². The van der Waals surface area contributed by atoms with Crippen LogP contribution in [-0.2, 0) is 6.54 Å². The second kappa shape index (κ2) is 6.40. The van der Waals surface area contributed by atoms with Crippen LogP contribution in [0.2, 0.25) is 0 Å². The third-order valence-corrected chi connectivity index (χ3v) is 3.80. The van der Waals surface area contributed by atoms with Gasteiger partial charge in [-0.3, -0.25) is 14.9 Å². The third kappa shape index (κ3) is 3.51. The first-order chi connectivity index (χ1) is 9.92. The van der Waals surface area contributed by atoms with Crippen LogP contribution in [0, 0.1) is 10.1 Å². The predicted octanol–water partition coefficient (Wildman–Crippen LogP) is 3.34. The van der Waals surface area contributed by atoms with Gasteiger partial charge in [-0.05, 0) is 49.6 Å². The lowest BCUT2D eigenvalue weighted by atomic mass is 10.2. The molecule has 0 aliphatic rings. The molecule has 0 amide bonds. The number of methoxy groups -OCH3 is 1. The summed E-state index contributed by atoms with van der Waals surface area (Å²) in [6.45, 7) is 0.224. The van der Waals surface area contributed by atoms with Gasteiger partial charge in [0, 0.05) is 16.7 Å². The summed E-state index contributed by atoms with van der Waals surface area (Å²) in [5.41, 5.74) is 0.295. The Hall–Kier alpha value is -1.67. The maximum Gasteiger partial charge on any atom is 0.311 e. The number of hydrogen-bond donors (Lipinski definition) is 0. The Labute approximate surface area is 136 Å². The quantitative estimate of drug-likeness (QED) is 0.564. The molecule has 0 fully saturated rings. The van der Waals surface area contributed by atoms with Crippen LogP contribution in [-0.4, -0.2) is 16.6 Å². The number of nitro benzene ring substituents is 1. The van der Waals surface area contributed by atoms with Gasteiger partial charge in [0.1, 0.15) is 0 Å². The molecule has 0 saturated heterocycles. The molecule has 0 radical (unpaired) electrons. The van der Waals surface area contributed by atoms with Crippen molar-refractivity contribution in [3.8, 4) is 5.75 Å². The van der Waals surface area contributed by atoms with E-state index < -0.39 is 4.92 Å². The number of aromatic nitrogens is 1. The van der Waals surface area contributed by atoms with E-state index in [1.165, 1.54) is 23.8 Å². The normalized spacial score (nSPS) is 10.4. The molecule has 0 spiro atoms. The highest BCUT2D eigenvalue weighted by atomic mass is 79.9. The number of pyridine rings is 1. The molecule has 8 heteroatoms. The van der Waals surface area contributed by atoms with E-state index in [0.717, 1.165) is 4.47 Å². The monoisotopic (exact) mass is 416 g/mol. The standard InChI is InChI=1S/C13H10Br2N2O4/c1-21-12-3-2-8(4-11(12)17(19)20)6-16-7-9(14)5-10(15)13(16)18/h2-5,7H,6H2,1H3. The van der Waals surface area contributed by atoms with E-state index in [9.17, 15) is 14.9 Å². The molecule has 6 nitrogen and oxygen atoms in total. The molecule has 0 saturated carbocycles. The van der Waals surface area contributed by atoms with E-state index in [0.29, 0.717) is 10.0 Å². The fourth-order valence-corrected chi connectivity index (χ4v) is 3.11. The van der Waals surface area contributed by atoms with Crippen molar-refractivity contribution in [2.75, 3.05) is 7.11 Å². The number of halogens is 2. The summed E-state index contributed by atoms with van der Waals surface area (Å²) in [7, 11) is 1.37. The largest absolute Gasteiger partial charge is 0.490 e. The molecule has 2 rings (SSSR count). The van der Waals surface area contributed by atoms with Gasteiger partial charge in [-0.1, -0.05) is 6.07 Å². The van der Waals surface area contributed by atoms with Crippen LogP contribution >= 0.6 is 31.9 Å². The highest BCUT2D eigenvalue weighted by Crippen LogP contribution is 2.27. The van der Waals surface area contributed by atoms with Crippen molar-refractivity contribution in [2.45, 2.75) is 6.54 Å². The lowest BCUT2D eigenvalue weighted by Gasteiger charge is -2.08. The summed E-state index contributed by atoms with van der Waals surface area (Å²) in [4.78, 5) is 22.5.